The lowest BCUT2D eigenvalue weighted by atomic mass is 9.84. The molecule has 3 unspecified atom stereocenters. The largest absolute Gasteiger partial charge is 0.481 e. The molecule has 2 fully saturated rings. The van der Waals surface area contributed by atoms with Crippen LogP contribution < -0.4 is 5.32 Å². The Balaban J connectivity index is 1.95. The van der Waals surface area contributed by atoms with Gasteiger partial charge in [0.1, 0.15) is 0 Å². The van der Waals surface area contributed by atoms with E-state index >= 15 is 0 Å². The van der Waals surface area contributed by atoms with E-state index < -0.39 is 5.97 Å². The van der Waals surface area contributed by atoms with Gasteiger partial charge in [0, 0.05) is 12.6 Å². The van der Waals surface area contributed by atoms with Crippen LogP contribution in [-0.4, -0.2) is 35.2 Å². The van der Waals surface area contributed by atoms with Gasteiger partial charge < -0.3 is 10.4 Å². The van der Waals surface area contributed by atoms with Crippen molar-refractivity contribution in [2.75, 3.05) is 18.1 Å². The summed E-state index contributed by atoms with van der Waals surface area (Å²) in [5.41, 5.74) is 0. The van der Waals surface area contributed by atoms with E-state index in [-0.39, 0.29) is 5.92 Å². The van der Waals surface area contributed by atoms with Gasteiger partial charge in [0.25, 0.3) is 0 Å². The van der Waals surface area contributed by atoms with E-state index in [2.05, 4.69) is 5.32 Å². The molecule has 0 spiro atoms. The zero-order valence-electron chi connectivity index (χ0n) is 7.53. The average Bonchev–Trinajstić information content (AvgIpc) is 2.17. The van der Waals surface area contributed by atoms with E-state index in [4.69, 9.17) is 5.11 Å². The third-order valence-electron chi connectivity index (χ3n) is 3.04. The number of carboxylic acids is 1. The fourth-order valence-corrected chi connectivity index (χ4v) is 3.49. The molecule has 3 nitrogen and oxygen atoms in total. The Bertz CT molecular complexity index is 210. The van der Waals surface area contributed by atoms with Gasteiger partial charge in [0.2, 0.25) is 0 Å². The molecule has 2 saturated heterocycles. The summed E-state index contributed by atoms with van der Waals surface area (Å²) in [5, 5.41) is 12.2. The molecule has 13 heavy (non-hydrogen) atoms. The number of carboxylic acid groups (broad SMARTS) is 1. The number of thioether (sulfide) groups is 1. The average molecular weight is 201 g/mol. The molecule has 2 rings (SSSR count). The fraction of sp³-hybridized carbons (Fsp3) is 0.889. The molecule has 0 aromatic carbocycles. The summed E-state index contributed by atoms with van der Waals surface area (Å²) in [7, 11) is 0. The summed E-state index contributed by atoms with van der Waals surface area (Å²) >= 11 is 1.96. The highest BCUT2D eigenvalue weighted by atomic mass is 32.2. The first kappa shape index (κ1) is 9.34. The highest BCUT2D eigenvalue weighted by Crippen LogP contribution is 2.31. The van der Waals surface area contributed by atoms with Crippen molar-refractivity contribution >= 4 is 17.7 Å². The molecule has 0 saturated carbocycles. The summed E-state index contributed by atoms with van der Waals surface area (Å²) in [6.07, 6.45) is 2.08. The maximum atomic E-state index is 10.8. The Morgan fingerprint density at radius 3 is 3.15 bits per heavy atom. The zero-order valence-corrected chi connectivity index (χ0v) is 8.35. The van der Waals surface area contributed by atoms with E-state index in [0.29, 0.717) is 18.5 Å². The molecule has 0 aromatic rings. The van der Waals surface area contributed by atoms with E-state index in [9.17, 15) is 4.79 Å². The van der Waals surface area contributed by atoms with Gasteiger partial charge in [0.15, 0.2) is 0 Å². The van der Waals surface area contributed by atoms with E-state index in [0.717, 1.165) is 12.2 Å². The minimum atomic E-state index is -0.637. The molecule has 4 heteroatoms. The van der Waals surface area contributed by atoms with Gasteiger partial charge in [-0.05, 0) is 30.3 Å². The molecule has 0 aromatic heterocycles. The van der Waals surface area contributed by atoms with Gasteiger partial charge in [-0.2, -0.15) is 11.8 Å². The Labute approximate surface area is 82.3 Å². The molecule has 2 heterocycles. The lowest BCUT2D eigenvalue weighted by Gasteiger charge is -2.38. The zero-order chi connectivity index (χ0) is 9.26. The van der Waals surface area contributed by atoms with Gasteiger partial charge in [-0.1, -0.05) is 0 Å². The number of carbonyl (C=O) groups is 1. The molecule has 0 aliphatic carbocycles. The molecular formula is C9H15NO2S. The van der Waals surface area contributed by atoms with Crippen LogP contribution in [0.4, 0.5) is 0 Å². The minimum Gasteiger partial charge on any atom is -0.481 e. The summed E-state index contributed by atoms with van der Waals surface area (Å²) < 4.78 is 0. The van der Waals surface area contributed by atoms with Crippen LogP contribution in [0.2, 0.25) is 0 Å². The van der Waals surface area contributed by atoms with E-state index in [1.54, 1.807) is 0 Å². The second kappa shape index (κ2) is 3.88. The Kier molecular flexibility index (Phi) is 2.79. The maximum absolute atomic E-state index is 10.8. The van der Waals surface area contributed by atoms with Crippen LogP contribution >= 0.6 is 11.8 Å². The van der Waals surface area contributed by atoms with Crippen molar-refractivity contribution in [2.45, 2.75) is 18.9 Å². The number of fused-ring (bicyclic) bond motifs is 1. The Hall–Kier alpha value is -0.220. The fourth-order valence-electron chi connectivity index (χ4n) is 2.23. The van der Waals surface area contributed by atoms with Gasteiger partial charge in [-0.25, -0.2) is 0 Å². The molecule has 2 aliphatic heterocycles. The highest BCUT2D eigenvalue weighted by molar-refractivity contribution is 7.99. The van der Waals surface area contributed by atoms with E-state index in [1.165, 1.54) is 12.2 Å². The Morgan fingerprint density at radius 1 is 1.54 bits per heavy atom. The van der Waals surface area contributed by atoms with Crippen molar-refractivity contribution in [3.05, 3.63) is 0 Å². The van der Waals surface area contributed by atoms with Crippen LogP contribution in [0.3, 0.4) is 0 Å². The number of piperidine rings is 1. The quantitative estimate of drug-likeness (QED) is 0.659. The lowest BCUT2D eigenvalue weighted by molar-refractivity contribution is -0.143. The minimum absolute atomic E-state index is 0.153. The van der Waals surface area contributed by atoms with Crippen molar-refractivity contribution in [3.63, 3.8) is 0 Å². The third-order valence-corrected chi connectivity index (χ3v) is 4.23. The maximum Gasteiger partial charge on any atom is 0.307 e. The van der Waals surface area contributed by atoms with Crippen molar-refractivity contribution < 1.29 is 9.90 Å². The van der Waals surface area contributed by atoms with Gasteiger partial charge in [0.05, 0.1) is 5.92 Å². The topological polar surface area (TPSA) is 49.3 Å². The van der Waals surface area contributed by atoms with Crippen LogP contribution in [0, 0.1) is 11.8 Å². The monoisotopic (exact) mass is 201 g/mol. The normalized spacial score (nSPS) is 39.5. The van der Waals surface area contributed by atoms with E-state index in [1.807, 2.05) is 11.8 Å². The molecule has 2 aliphatic rings. The molecule has 0 bridgehead atoms. The second-order valence-electron chi connectivity index (χ2n) is 3.91. The van der Waals surface area contributed by atoms with Crippen LogP contribution in [-0.2, 0) is 4.79 Å². The summed E-state index contributed by atoms with van der Waals surface area (Å²) in [5.74, 6) is 2.17. The van der Waals surface area contributed by atoms with Crippen molar-refractivity contribution in [1.29, 1.82) is 0 Å². The Morgan fingerprint density at radius 2 is 2.38 bits per heavy atom. The second-order valence-corrected chi connectivity index (χ2v) is 5.06. The van der Waals surface area contributed by atoms with Gasteiger partial charge in [-0.15, -0.1) is 0 Å². The highest BCUT2D eigenvalue weighted by Gasteiger charge is 2.34. The first-order chi connectivity index (χ1) is 6.27. The first-order valence-electron chi connectivity index (χ1n) is 4.81. The molecule has 3 atom stereocenters. The van der Waals surface area contributed by atoms with Gasteiger partial charge >= 0.3 is 5.97 Å². The van der Waals surface area contributed by atoms with Crippen LogP contribution in [0.1, 0.15) is 12.8 Å². The molecular weight excluding hydrogens is 186 g/mol. The van der Waals surface area contributed by atoms with Crippen molar-refractivity contribution in [1.82, 2.24) is 5.32 Å². The molecule has 74 valence electrons. The predicted molar refractivity (Wildman–Crippen MR) is 53.0 cm³/mol. The van der Waals surface area contributed by atoms with Crippen LogP contribution in [0.5, 0.6) is 0 Å². The number of hydrogen-bond acceptors (Lipinski definition) is 3. The SMILES string of the molecule is O=C(O)C1CNC2CCSCC2C1. The number of rotatable bonds is 1. The van der Waals surface area contributed by atoms with Crippen LogP contribution in [0.15, 0.2) is 0 Å². The number of hydrogen-bond donors (Lipinski definition) is 2. The smallest absolute Gasteiger partial charge is 0.307 e. The predicted octanol–water partition coefficient (Wildman–Crippen LogP) is 0.802. The van der Waals surface area contributed by atoms with Crippen LogP contribution in [0.25, 0.3) is 0 Å². The first-order valence-corrected chi connectivity index (χ1v) is 5.97. The number of nitrogens with one attached hydrogen (secondary N) is 1. The molecule has 0 amide bonds. The molecule has 2 N–H and O–H groups in total. The third kappa shape index (κ3) is 1.99. The number of aliphatic carboxylic acids is 1. The van der Waals surface area contributed by atoms with Crippen molar-refractivity contribution in [2.24, 2.45) is 11.8 Å². The molecule has 0 radical (unpaired) electrons. The standard InChI is InChI=1S/C9H15NO2S/c11-9(12)6-3-7-5-13-2-1-8(7)10-4-6/h6-8,10H,1-5H2,(H,11,12). The summed E-state index contributed by atoms with van der Waals surface area (Å²) in [4.78, 5) is 10.8. The van der Waals surface area contributed by atoms with Gasteiger partial charge in [-0.3, -0.25) is 4.79 Å². The summed E-state index contributed by atoms with van der Waals surface area (Å²) in [6.45, 7) is 0.668. The summed E-state index contributed by atoms with van der Waals surface area (Å²) in [6, 6.07) is 0.594. The lowest BCUT2D eigenvalue weighted by Crippen LogP contribution is -2.50. The van der Waals surface area contributed by atoms with Crippen molar-refractivity contribution in [3.8, 4) is 0 Å².